The zero-order valence-corrected chi connectivity index (χ0v) is 19.9. The molecule has 0 saturated carbocycles. The van der Waals surface area contributed by atoms with Crippen LogP contribution in [-0.2, 0) is 24.0 Å². The van der Waals surface area contributed by atoms with Gasteiger partial charge >= 0.3 is 0 Å². The highest BCUT2D eigenvalue weighted by molar-refractivity contribution is 7.99. The molecule has 5 heteroatoms. The van der Waals surface area contributed by atoms with Gasteiger partial charge in [-0.25, -0.2) is 0 Å². The van der Waals surface area contributed by atoms with Crippen molar-refractivity contribution in [2.75, 3.05) is 6.26 Å². The van der Waals surface area contributed by atoms with E-state index in [2.05, 4.69) is 0 Å². The van der Waals surface area contributed by atoms with E-state index < -0.39 is 28.3 Å². The van der Waals surface area contributed by atoms with E-state index in [0.717, 1.165) is 16.7 Å². The molecule has 1 aliphatic heterocycles. The Kier molecular flexibility index (Phi) is 6.99. The Labute approximate surface area is 200 Å². The van der Waals surface area contributed by atoms with Crippen LogP contribution < -0.4 is 0 Å². The second-order valence-corrected chi connectivity index (χ2v) is 9.94. The van der Waals surface area contributed by atoms with Crippen molar-refractivity contribution in [2.45, 2.75) is 54.5 Å². The molecule has 3 aromatic rings. The predicted octanol–water partition coefficient (Wildman–Crippen LogP) is 4.02. The van der Waals surface area contributed by atoms with E-state index in [4.69, 9.17) is 4.74 Å². The summed E-state index contributed by atoms with van der Waals surface area (Å²) in [5, 5.41) is 37.2. The molecule has 174 valence electrons. The predicted molar refractivity (Wildman–Crippen MR) is 133 cm³/mol. The van der Waals surface area contributed by atoms with Gasteiger partial charge in [0.05, 0.1) is 6.10 Å². The summed E-state index contributed by atoms with van der Waals surface area (Å²) in [6.07, 6.45) is 1.53. The first kappa shape index (κ1) is 24.0. The van der Waals surface area contributed by atoms with Crippen LogP contribution in [0.2, 0.25) is 0 Å². The molecule has 0 amide bonds. The number of rotatable bonds is 7. The number of hydrogen-bond donors (Lipinski definition) is 3. The third-order valence-corrected chi connectivity index (χ3v) is 7.90. The Bertz CT molecular complexity index is 1030. The van der Waals surface area contributed by atoms with E-state index in [-0.39, 0.29) is 19.3 Å². The fraction of sp³-hybridized carbons (Fsp3) is 0.357. The number of thioether (sulfide) groups is 1. The Morgan fingerprint density at radius 3 is 1.48 bits per heavy atom. The van der Waals surface area contributed by atoms with Crippen molar-refractivity contribution in [1.29, 1.82) is 0 Å². The summed E-state index contributed by atoms with van der Waals surface area (Å²) in [5.74, 6) is 0. The molecule has 0 aliphatic carbocycles. The van der Waals surface area contributed by atoms with Gasteiger partial charge < -0.3 is 20.1 Å². The Hall–Kier alpha value is -2.15. The highest BCUT2D eigenvalue weighted by Crippen LogP contribution is 2.51. The number of aliphatic hydroxyl groups is 3. The van der Waals surface area contributed by atoms with Crippen molar-refractivity contribution >= 4 is 11.8 Å². The lowest BCUT2D eigenvalue weighted by Crippen LogP contribution is -2.80. The summed E-state index contributed by atoms with van der Waals surface area (Å²) in [7, 11) is 0. The summed E-state index contributed by atoms with van der Waals surface area (Å²) >= 11 is 1.35. The van der Waals surface area contributed by atoms with Crippen molar-refractivity contribution < 1.29 is 20.1 Å². The SMILES string of the molecule is CS[C@H]1O[C@@H](C)[C@](O)(Cc2ccccc2)[C@](O)(Cc2ccccc2)[C@@]1(O)Cc1ccccc1. The van der Waals surface area contributed by atoms with Gasteiger partial charge in [-0.05, 0) is 29.9 Å². The van der Waals surface area contributed by atoms with Gasteiger partial charge in [-0.1, -0.05) is 91.0 Å². The van der Waals surface area contributed by atoms with Crippen molar-refractivity contribution in [2.24, 2.45) is 0 Å². The maximum atomic E-state index is 12.6. The molecule has 33 heavy (non-hydrogen) atoms. The molecule has 5 atom stereocenters. The van der Waals surface area contributed by atoms with Gasteiger partial charge in [-0.15, -0.1) is 11.8 Å². The van der Waals surface area contributed by atoms with Crippen LogP contribution in [0.5, 0.6) is 0 Å². The van der Waals surface area contributed by atoms with Crippen LogP contribution in [0.1, 0.15) is 23.6 Å². The van der Waals surface area contributed by atoms with Crippen molar-refractivity contribution in [3.8, 4) is 0 Å². The quantitative estimate of drug-likeness (QED) is 0.493. The molecular weight excluding hydrogens is 432 g/mol. The van der Waals surface area contributed by atoms with Crippen molar-refractivity contribution in [1.82, 2.24) is 0 Å². The first-order chi connectivity index (χ1) is 15.8. The van der Waals surface area contributed by atoms with Gasteiger partial charge in [-0.3, -0.25) is 0 Å². The van der Waals surface area contributed by atoms with Crippen LogP contribution in [-0.4, -0.2) is 49.9 Å². The third-order valence-electron chi connectivity index (χ3n) is 6.97. The van der Waals surface area contributed by atoms with E-state index in [1.165, 1.54) is 11.8 Å². The van der Waals surface area contributed by atoms with Crippen LogP contribution in [0.3, 0.4) is 0 Å². The molecule has 3 N–H and O–H groups in total. The fourth-order valence-electron chi connectivity index (χ4n) is 5.10. The summed E-state index contributed by atoms with van der Waals surface area (Å²) in [6.45, 7) is 1.78. The molecule has 0 bridgehead atoms. The maximum Gasteiger partial charge on any atom is 0.136 e. The Morgan fingerprint density at radius 2 is 1.06 bits per heavy atom. The largest absolute Gasteiger partial charge is 0.384 e. The third kappa shape index (κ3) is 4.36. The van der Waals surface area contributed by atoms with Gasteiger partial charge in [0.2, 0.25) is 0 Å². The molecule has 1 aliphatic rings. The average Bonchev–Trinajstić information content (AvgIpc) is 2.83. The minimum absolute atomic E-state index is 0.0886. The lowest BCUT2D eigenvalue weighted by Gasteiger charge is -2.61. The van der Waals surface area contributed by atoms with E-state index >= 15 is 0 Å². The van der Waals surface area contributed by atoms with Gasteiger partial charge in [0.1, 0.15) is 22.2 Å². The minimum Gasteiger partial charge on any atom is -0.384 e. The summed E-state index contributed by atoms with van der Waals surface area (Å²) < 4.78 is 6.25. The highest BCUT2D eigenvalue weighted by atomic mass is 32.2. The summed E-state index contributed by atoms with van der Waals surface area (Å²) in [5.41, 5.74) is -3.53. The first-order valence-corrected chi connectivity index (χ1v) is 12.6. The number of benzene rings is 3. The Balaban J connectivity index is 1.87. The fourth-order valence-corrected chi connectivity index (χ4v) is 6.04. The normalized spacial score (nSPS) is 31.9. The van der Waals surface area contributed by atoms with Crippen molar-refractivity contribution in [3.63, 3.8) is 0 Å². The van der Waals surface area contributed by atoms with E-state index in [1.807, 2.05) is 97.3 Å². The average molecular weight is 465 g/mol. The van der Waals surface area contributed by atoms with Crippen LogP contribution in [0, 0.1) is 0 Å². The van der Waals surface area contributed by atoms with Crippen LogP contribution in [0.25, 0.3) is 0 Å². The van der Waals surface area contributed by atoms with E-state index in [0.29, 0.717) is 0 Å². The Morgan fingerprint density at radius 1 is 0.667 bits per heavy atom. The lowest BCUT2D eigenvalue weighted by molar-refractivity contribution is -0.335. The second-order valence-electron chi connectivity index (χ2n) is 9.04. The van der Waals surface area contributed by atoms with Crippen LogP contribution in [0.15, 0.2) is 91.0 Å². The smallest absolute Gasteiger partial charge is 0.136 e. The monoisotopic (exact) mass is 464 g/mol. The first-order valence-electron chi connectivity index (χ1n) is 11.3. The molecular formula is C28H32O4S. The summed E-state index contributed by atoms with van der Waals surface area (Å²) in [6, 6.07) is 28.7. The van der Waals surface area contributed by atoms with Gasteiger partial charge in [0.15, 0.2) is 0 Å². The van der Waals surface area contributed by atoms with Gasteiger partial charge in [0, 0.05) is 19.3 Å². The molecule has 1 heterocycles. The van der Waals surface area contributed by atoms with Gasteiger partial charge in [-0.2, -0.15) is 0 Å². The second kappa shape index (κ2) is 9.61. The summed E-state index contributed by atoms with van der Waals surface area (Å²) in [4.78, 5) is 0. The van der Waals surface area contributed by atoms with E-state index in [1.54, 1.807) is 6.92 Å². The molecule has 4 nitrogen and oxygen atoms in total. The highest BCUT2D eigenvalue weighted by Gasteiger charge is 2.70. The molecule has 1 fully saturated rings. The molecule has 1 saturated heterocycles. The molecule has 3 aromatic carbocycles. The topological polar surface area (TPSA) is 69.9 Å². The number of hydrogen-bond acceptors (Lipinski definition) is 5. The molecule has 4 rings (SSSR count). The zero-order chi connectivity index (χ0) is 23.5. The number of ether oxygens (including phenoxy) is 1. The standard InChI is InChI=1S/C28H32O4S/c1-21-26(29,18-22-12-6-3-7-13-22)28(31,20-24-16-10-5-11-17-24)27(30,25(32-21)33-2)19-23-14-8-4-9-15-23/h3-17,21,25,29-31H,18-20H2,1-2H3/t21-,25+,26+,27+,28+/m0/s1. The van der Waals surface area contributed by atoms with E-state index in [9.17, 15) is 15.3 Å². The molecule has 0 spiro atoms. The molecule has 0 aromatic heterocycles. The lowest BCUT2D eigenvalue weighted by atomic mass is 9.60. The van der Waals surface area contributed by atoms with Crippen molar-refractivity contribution in [3.05, 3.63) is 108 Å². The van der Waals surface area contributed by atoms with Gasteiger partial charge in [0.25, 0.3) is 0 Å². The minimum atomic E-state index is -1.89. The van der Waals surface area contributed by atoms with Crippen LogP contribution >= 0.6 is 11.8 Å². The molecule has 0 radical (unpaired) electrons. The zero-order valence-electron chi connectivity index (χ0n) is 19.1. The van der Waals surface area contributed by atoms with Crippen LogP contribution in [0.4, 0.5) is 0 Å². The maximum absolute atomic E-state index is 12.6. The molecule has 0 unspecified atom stereocenters.